The summed E-state index contributed by atoms with van der Waals surface area (Å²) in [7, 11) is 0. The number of anilines is 1. The van der Waals surface area contributed by atoms with Crippen molar-refractivity contribution in [3.05, 3.63) is 16.0 Å². The van der Waals surface area contributed by atoms with Gasteiger partial charge in [-0.25, -0.2) is 4.98 Å². The van der Waals surface area contributed by atoms with Crippen molar-refractivity contribution >= 4 is 23.8 Å². The first-order chi connectivity index (χ1) is 9.35. The van der Waals surface area contributed by atoms with Crippen LogP contribution < -0.4 is 10.9 Å². The van der Waals surface area contributed by atoms with E-state index in [-0.39, 0.29) is 29.0 Å². The highest BCUT2D eigenvalue weighted by atomic mass is 16.2. The van der Waals surface area contributed by atoms with Gasteiger partial charge in [-0.2, -0.15) is 0 Å². The van der Waals surface area contributed by atoms with Crippen molar-refractivity contribution in [1.29, 1.82) is 0 Å². The number of amides is 1. The van der Waals surface area contributed by atoms with E-state index < -0.39 is 0 Å². The minimum atomic E-state index is -0.351. The Morgan fingerprint density at radius 3 is 2.60 bits per heavy atom. The molecule has 0 saturated carbocycles. The summed E-state index contributed by atoms with van der Waals surface area (Å²) in [4.78, 5) is 34.4. The minimum absolute atomic E-state index is 0.161. The molecule has 0 bridgehead atoms. The number of carbonyl (C=O) groups is 1. The molecular weight excluding hydrogens is 256 g/mol. The molecule has 1 atom stereocenters. The molecule has 0 aliphatic heterocycles. The van der Waals surface area contributed by atoms with Crippen molar-refractivity contribution in [2.75, 3.05) is 5.32 Å². The van der Waals surface area contributed by atoms with Crippen molar-refractivity contribution in [1.82, 2.24) is 9.97 Å². The van der Waals surface area contributed by atoms with Gasteiger partial charge in [0.1, 0.15) is 5.69 Å². The number of aliphatic imine (C=N–C) groups is 1. The highest BCUT2D eigenvalue weighted by Crippen LogP contribution is 2.12. The van der Waals surface area contributed by atoms with Crippen LogP contribution in [0.2, 0.25) is 0 Å². The van der Waals surface area contributed by atoms with Crippen LogP contribution in [-0.4, -0.2) is 22.1 Å². The van der Waals surface area contributed by atoms with E-state index in [1.165, 1.54) is 0 Å². The SMILES string of the molecule is CCC(C)C=Nc1c(C)nc(NC(=O)C(C)C)[nH]c1=O. The molecule has 6 heteroatoms. The summed E-state index contributed by atoms with van der Waals surface area (Å²) in [5.41, 5.74) is 0.427. The van der Waals surface area contributed by atoms with Crippen LogP contribution in [0.15, 0.2) is 9.79 Å². The Balaban J connectivity index is 3.01. The normalized spacial score (nSPS) is 12.9. The number of rotatable bonds is 5. The summed E-state index contributed by atoms with van der Waals surface area (Å²) in [5.74, 6) is 0.0925. The van der Waals surface area contributed by atoms with Gasteiger partial charge in [0.05, 0.1) is 5.69 Å². The van der Waals surface area contributed by atoms with Crippen LogP contribution in [0.1, 0.15) is 39.8 Å². The predicted octanol–water partition coefficient (Wildman–Crippen LogP) is 2.42. The van der Waals surface area contributed by atoms with Gasteiger partial charge in [0.25, 0.3) is 5.56 Å². The minimum Gasteiger partial charge on any atom is -0.296 e. The fraction of sp³-hybridized carbons (Fsp3) is 0.571. The number of aromatic amines is 1. The molecule has 20 heavy (non-hydrogen) atoms. The highest BCUT2D eigenvalue weighted by molar-refractivity contribution is 5.90. The first kappa shape index (κ1) is 16.1. The average Bonchev–Trinajstić information content (AvgIpc) is 2.37. The zero-order valence-electron chi connectivity index (χ0n) is 12.7. The second-order valence-electron chi connectivity index (χ2n) is 5.16. The zero-order valence-corrected chi connectivity index (χ0v) is 12.7. The smallest absolute Gasteiger partial charge is 0.278 e. The quantitative estimate of drug-likeness (QED) is 0.811. The number of nitrogens with one attached hydrogen (secondary N) is 2. The van der Waals surface area contributed by atoms with E-state index in [1.54, 1.807) is 27.0 Å². The molecule has 2 N–H and O–H groups in total. The van der Waals surface area contributed by atoms with Gasteiger partial charge in [-0.05, 0) is 19.3 Å². The molecule has 110 valence electrons. The van der Waals surface area contributed by atoms with Gasteiger partial charge in [0, 0.05) is 12.1 Å². The monoisotopic (exact) mass is 278 g/mol. The predicted molar refractivity (Wildman–Crippen MR) is 80.7 cm³/mol. The summed E-state index contributed by atoms with van der Waals surface area (Å²) in [6, 6.07) is 0. The summed E-state index contributed by atoms with van der Waals surface area (Å²) >= 11 is 0. The number of carbonyl (C=O) groups excluding carboxylic acids is 1. The Morgan fingerprint density at radius 2 is 2.10 bits per heavy atom. The van der Waals surface area contributed by atoms with E-state index >= 15 is 0 Å². The van der Waals surface area contributed by atoms with Crippen LogP contribution in [0.5, 0.6) is 0 Å². The largest absolute Gasteiger partial charge is 0.296 e. The van der Waals surface area contributed by atoms with E-state index in [4.69, 9.17) is 0 Å². The van der Waals surface area contributed by atoms with Gasteiger partial charge in [0.2, 0.25) is 11.9 Å². The van der Waals surface area contributed by atoms with Gasteiger partial charge in [-0.15, -0.1) is 0 Å². The lowest BCUT2D eigenvalue weighted by atomic mass is 10.1. The molecule has 6 nitrogen and oxygen atoms in total. The van der Waals surface area contributed by atoms with E-state index in [9.17, 15) is 9.59 Å². The molecule has 0 aromatic carbocycles. The second kappa shape index (κ2) is 6.98. The van der Waals surface area contributed by atoms with Crippen LogP contribution in [0.25, 0.3) is 0 Å². The van der Waals surface area contributed by atoms with Gasteiger partial charge < -0.3 is 0 Å². The Labute approximate surface area is 118 Å². The molecule has 1 unspecified atom stereocenters. The molecule has 1 aromatic rings. The van der Waals surface area contributed by atoms with Crippen LogP contribution in [0.4, 0.5) is 11.6 Å². The first-order valence-electron chi connectivity index (χ1n) is 6.81. The molecule has 1 amide bonds. The third-order valence-corrected chi connectivity index (χ3v) is 2.94. The Hall–Kier alpha value is -1.98. The number of aromatic nitrogens is 2. The van der Waals surface area contributed by atoms with Crippen molar-refractivity contribution in [2.24, 2.45) is 16.8 Å². The first-order valence-corrected chi connectivity index (χ1v) is 6.81. The Morgan fingerprint density at radius 1 is 1.45 bits per heavy atom. The summed E-state index contributed by atoms with van der Waals surface area (Å²) in [6.07, 6.45) is 2.70. The lowest BCUT2D eigenvalue weighted by Crippen LogP contribution is -2.22. The number of aryl methyl sites for hydroxylation is 1. The maximum absolute atomic E-state index is 12.0. The summed E-state index contributed by atoms with van der Waals surface area (Å²) in [5, 5.41) is 2.57. The third kappa shape index (κ3) is 4.29. The zero-order chi connectivity index (χ0) is 15.3. The average molecular weight is 278 g/mol. The van der Waals surface area contributed by atoms with E-state index in [0.29, 0.717) is 11.6 Å². The molecule has 0 radical (unpaired) electrons. The Bertz CT molecular complexity index is 561. The molecule has 0 fully saturated rings. The standard InChI is InChI=1S/C14H22N4O2/c1-6-9(4)7-15-11-10(5)16-14(18-13(11)20)17-12(19)8(2)3/h7-9H,6H2,1-5H3,(H2,16,17,18,19,20). The summed E-state index contributed by atoms with van der Waals surface area (Å²) < 4.78 is 0. The molecule has 0 spiro atoms. The molecule has 1 rings (SSSR count). The summed E-state index contributed by atoms with van der Waals surface area (Å²) in [6.45, 7) is 9.31. The number of nitrogens with zero attached hydrogens (tertiary/aromatic N) is 2. The second-order valence-corrected chi connectivity index (χ2v) is 5.16. The van der Waals surface area contributed by atoms with Crippen LogP contribution in [0, 0.1) is 18.8 Å². The Kier molecular flexibility index (Phi) is 5.61. The van der Waals surface area contributed by atoms with Crippen molar-refractivity contribution in [3.63, 3.8) is 0 Å². The van der Waals surface area contributed by atoms with Crippen molar-refractivity contribution in [3.8, 4) is 0 Å². The molecule has 1 aromatic heterocycles. The number of H-pyrrole nitrogens is 1. The lowest BCUT2D eigenvalue weighted by molar-refractivity contribution is -0.118. The molecular formula is C14H22N4O2. The van der Waals surface area contributed by atoms with Gasteiger partial charge >= 0.3 is 0 Å². The van der Waals surface area contributed by atoms with E-state index in [2.05, 4.69) is 27.2 Å². The van der Waals surface area contributed by atoms with Gasteiger partial charge in [0.15, 0.2) is 0 Å². The molecule has 0 saturated heterocycles. The fourth-order valence-corrected chi connectivity index (χ4v) is 1.36. The molecule has 0 aliphatic rings. The maximum Gasteiger partial charge on any atom is 0.278 e. The molecule has 1 heterocycles. The number of hydrogen-bond donors (Lipinski definition) is 2. The van der Waals surface area contributed by atoms with Gasteiger partial charge in [-0.1, -0.05) is 27.7 Å². The maximum atomic E-state index is 12.0. The van der Waals surface area contributed by atoms with E-state index in [0.717, 1.165) is 6.42 Å². The topological polar surface area (TPSA) is 87.2 Å². The lowest BCUT2D eigenvalue weighted by Gasteiger charge is -2.08. The van der Waals surface area contributed by atoms with Gasteiger partial charge in [-0.3, -0.25) is 24.9 Å². The number of hydrogen-bond acceptors (Lipinski definition) is 4. The van der Waals surface area contributed by atoms with Crippen LogP contribution in [-0.2, 0) is 4.79 Å². The van der Waals surface area contributed by atoms with E-state index in [1.807, 2.05) is 6.92 Å². The van der Waals surface area contributed by atoms with Crippen molar-refractivity contribution in [2.45, 2.75) is 41.0 Å². The third-order valence-electron chi connectivity index (χ3n) is 2.94. The fourth-order valence-electron chi connectivity index (χ4n) is 1.36. The van der Waals surface area contributed by atoms with Crippen LogP contribution in [0.3, 0.4) is 0 Å². The molecule has 0 aliphatic carbocycles. The van der Waals surface area contributed by atoms with Crippen molar-refractivity contribution < 1.29 is 4.79 Å². The highest BCUT2D eigenvalue weighted by Gasteiger charge is 2.11. The van der Waals surface area contributed by atoms with Crippen LogP contribution >= 0.6 is 0 Å².